The van der Waals surface area contributed by atoms with Crippen LogP contribution in [0.5, 0.6) is 0 Å². The second kappa shape index (κ2) is 7.50. The first kappa shape index (κ1) is 17.6. The molecule has 142 valence electrons. The largest absolute Gasteiger partial charge is 0.378 e. The van der Waals surface area contributed by atoms with Crippen molar-refractivity contribution in [1.82, 2.24) is 24.7 Å². The molecule has 1 aromatic carbocycles. The predicted octanol–water partition coefficient (Wildman–Crippen LogP) is 3.57. The minimum Gasteiger partial charge on any atom is -0.378 e. The zero-order chi connectivity index (χ0) is 18.9. The summed E-state index contributed by atoms with van der Waals surface area (Å²) in [5, 5.41) is 12.8. The van der Waals surface area contributed by atoms with Gasteiger partial charge in [-0.25, -0.2) is 9.97 Å². The van der Waals surface area contributed by atoms with Gasteiger partial charge in [0.1, 0.15) is 11.4 Å². The molecule has 1 aliphatic heterocycles. The third-order valence-corrected chi connectivity index (χ3v) is 6.59. The molecule has 1 saturated heterocycles. The fourth-order valence-corrected chi connectivity index (χ4v) is 4.97. The zero-order valence-electron chi connectivity index (χ0n) is 15.3. The lowest BCUT2D eigenvalue weighted by Gasteiger charge is -2.27. The van der Waals surface area contributed by atoms with E-state index in [4.69, 9.17) is 4.74 Å². The van der Waals surface area contributed by atoms with Crippen molar-refractivity contribution in [2.24, 2.45) is 0 Å². The zero-order valence-corrected chi connectivity index (χ0v) is 16.9. The van der Waals surface area contributed by atoms with Crippen LogP contribution < -0.4 is 4.90 Å². The molecule has 9 heteroatoms. The second-order valence-corrected chi connectivity index (χ2v) is 8.34. The van der Waals surface area contributed by atoms with E-state index in [9.17, 15) is 0 Å². The first-order chi connectivity index (χ1) is 13.8. The first-order valence-corrected chi connectivity index (χ1v) is 10.7. The number of fused-ring (bicyclic) bond motifs is 1. The minimum atomic E-state index is 0.699. The Morgan fingerprint density at radius 3 is 2.68 bits per heavy atom. The van der Waals surface area contributed by atoms with Gasteiger partial charge < -0.3 is 9.64 Å². The number of thiophene rings is 1. The Kier molecular flexibility index (Phi) is 4.71. The maximum Gasteiger partial charge on any atom is 0.232 e. The van der Waals surface area contributed by atoms with Gasteiger partial charge in [0.25, 0.3) is 0 Å². The number of aromatic nitrogens is 5. The molecule has 1 aliphatic rings. The van der Waals surface area contributed by atoms with Crippen molar-refractivity contribution in [2.45, 2.75) is 17.1 Å². The third-order valence-electron chi connectivity index (χ3n) is 4.60. The first-order valence-electron chi connectivity index (χ1n) is 9.01. The molecule has 0 aliphatic carbocycles. The van der Waals surface area contributed by atoms with E-state index < -0.39 is 0 Å². The number of ether oxygens (including phenoxy) is 1. The van der Waals surface area contributed by atoms with Gasteiger partial charge in [0.2, 0.25) is 11.1 Å². The van der Waals surface area contributed by atoms with E-state index in [1.54, 1.807) is 17.7 Å². The topological polar surface area (TPSA) is 69.0 Å². The van der Waals surface area contributed by atoms with Crippen LogP contribution in [-0.2, 0) is 4.74 Å². The summed E-state index contributed by atoms with van der Waals surface area (Å²) in [5.74, 6) is 0.839. The summed E-state index contributed by atoms with van der Waals surface area (Å²) < 4.78 is 8.68. The van der Waals surface area contributed by atoms with Gasteiger partial charge in [-0.2, -0.15) is 0 Å². The Labute approximate surface area is 170 Å². The second-order valence-electron chi connectivity index (χ2n) is 6.47. The lowest BCUT2D eigenvalue weighted by Crippen LogP contribution is -2.37. The molecule has 0 spiro atoms. The van der Waals surface area contributed by atoms with Crippen molar-refractivity contribution in [3.05, 3.63) is 47.6 Å². The van der Waals surface area contributed by atoms with Gasteiger partial charge in [-0.05, 0) is 42.3 Å². The highest BCUT2D eigenvalue weighted by atomic mass is 32.2. The van der Waals surface area contributed by atoms with Crippen LogP contribution in [0.25, 0.3) is 15.9 Å². The highest BCUT2D eigenvalue weighted by Gasteiger charge is 2.23. The quantitative estimate of drug-likeness (QED) is 0.476. The van der Waals surface area contributed by atoms with Crippen LogP contribution in [-0.4, -0.2) is 51.0 Å². The van der Waals surface area contributed by atoms with E-state index in [2.05, 4.69) is 60.8 Å². The normalized spacial score (nSPS) is 14.7. The van der Waals surface area contributed by atoms with Crippen LogP contribution in [0, 0.1) is 6.92 Å². The summed E-state index contributed by atoms with van der Waals surface area (Å²) in [7, 11) is 0. The van der Waals surface area contributed by atoms with Gasteiger partial charge in [-0.1, -0.05) is 17.7 Å². The number of morpholine rings is 1. The van der Waals surface area contributed by atoms with E-state index in [0.717, 1.165) is 45.1 Å². The monoisotopic (exact) mass is 410 g/mol. The smallest absolute Gasteiger partial charge is 0.232 e. The van der Waals surface area contributed by atoms with Crippen molar-refractivity contribution in [3.8, 4) is 5.69 Å². The van der Waals surface area contributed by atoms with Gasteiger partial charge in [0, 0.05) is 13.1 Å². The molecule has 0 bridgehead atoms. The van der Waals surface area contributed by atoms with Gasteiger partial charge in [0.05, 0.1) is 29.1 Å². The number of aryl methyl sites for hydroxylation is 1. The summed E-state index contributed by atoms with van der Waals surface area (Å²) in [5.41, 5.74) is 3.21. The van der Waals surface area contributed by atoms with Crippen molar-refractivity contribution < 1.29 is 4.74 Å². The fraction of sp³-hybridized carbons (Fsp3) is 0.263. The molecule has 7 nitrogen and oxygen atoms in total. The van der Waals surface area contributed by atoms with E-state index in [0.29, 0.717) is 13.2 Å². The van der Waals surface area contributed by atoms with Crippen LogP contribution in [0.1, 0.15) is 5.56 Å². The maximum atomic E-state index is 5.50. The van der Waals surface area contributed by atoms with Crippen LogP contribution >= 0.6 is 23.1 Å². The molecule has 0 atom stereocenters. The van der Waals surface area contributed by atoms with Crippen molar-refractivity contribution in [3.63, 3.8) is 0 Å². The van der Waals surface area contributed by atoms with Crippen LogP contribution in [0.15, 0.2) is 52.2 Å². The maximum absolute atomic E-state index is 5.50. The molecule has 0 N–H and O–H groups in total. The lowest BCUT2D eigenvalue weighted by molar-refractivity contribution is 0.122. The molecule has 4 heterocycles. The number of benzene rings is 1. The lowest BCUT2D eigenvalue weighted by atomic mass is 10.2. The van der Waals surface area contributed by atoms with Gasteiger partial charge >= 0.3 is 0 Å². The minimum absolute atomic E-state index is 0.699. The molecular weight excluding hydrogens is 392 g/mol. The standard InChI is InChI=1S/C19H18N6OS2/c1-13-2-4-14(5-3-13)25-18(24-7-9-26-10-8-24)22-23-19(25)28-17-16-15(6-11-27-16)20-12-21-17/h2-6,11-12H,7-10H2,1H3. The molecular formula is C19H18N6OS2. The molecule has 0 amide bonds. The Balaban J connectivity index is 1.60. The third kappa shape index (κ3) is 3.25. The SMILES string of the molecule is Cc1ccc(-n2c(Sc3ncnc4ccsc34)nnc2N2CCOCC2)cc1. The highest BCUT2D eigenvalue weighted by Crippen LogP contribution is 2.35. The Morgan fingerprint density at radius 2 is 1.86 bits per heavy atom. The van der Waals surface area contributed by atoms with Gasteiger partial charge in [0.15, 0.2) is 0 Å². The number of hydrogen-bond donors (Lipinski definition) is 0. The summed E-state index contributed by atoms with van der Waals surface area (Å²) in [6, 6.07) is 10.4. The van der Waals surface area contributed by atoms with E-state index in [-0.39, 0.29) is 0 Å². The van der Waals surface area contributed by atoms with Gasteiger partial charge in [-0.3, -0.25) is 4.57 Å². The molecule has 28 heavy (non-hydrogen) atoms. The number of anilines is 1. The fourth-order valence-electron chi connectivity index (χ4n) is 3.14. The summed E-state index contributed by atoms with van der Waals surface area (Å²) in [6.07, 6.45) is 1.60. The predicted molar refractivity (Wildman–Crippen MR) is 111 cm³/mol. The van der Waals surface area contributed by atoms with Crippen molar-refractivity contribution in [1.29, 1.82) is 0 Å². The molecule has 0 saturated carbocycles. The Bertz CT molecular complexity index is 1100. The number of rotatable bonds is 4. The average Bonchev–Trinajstić information content (AvgIpc) is 3.37. The average molecular weight is 411 g/mol. The molecule has 5 rings (SSSR count). The summed E-state index contributed by atoms with van der Waals surface area (Å²) >= 11 is 3.16. The highest BCUT2D eigenvalue weighted by molar-refractivity contribution is 7.99. The number of nitrogens with zero attached hydrogens (tertiary/aromatic N) is 6. The van der Waals surface area contributed by atoms with Crippen LogP contribution in [0.2, 0.25) is 0 Å². The van der Waals surface area contributed by atoms with Crippen molar-refractivity contribution in [2.75, 3.05) is 31.2 Å². The van der Waals surface area contributed by atoms with E-state index in [1.807, 2.05) is 11.4 Å². The molecule has 1 fully saturated rings. The van der Waals surface area contributed by atoms with Crippen LogP contribution in [0.3, 0.4) is 0 Å². The summed E-state index contributed by atoms with van der Waals surface area (Å²) in [6.45, 7) is 5.09. The molecule has 0 radical (unpaired) electrons. The Morgan fingerprint density at radius 1 is 1.04 bits per heavy atom. The van der Waals surface area contributed by atoms with Crippen LogP contribution in [0.4, 0.5) is 5.95 Å². The van der Waals surface area contributed by atoms with E-state index in [1.165, 1.54) is 17.3 Å². The number of hydrogen-bond acceptors (Lipinski definition) is 8. The molecule has 0 unspecified atom stereocenters. The summed E-state index contributed by atoms with van der Waals surface area (Å²) in [4.78, 5) is 11.0. The van der Waals surface area contributed by atoms with E-state index >= 15 is 0 Å². The van der Waals surface area contributed by atoms with Gasteiger partial charge in [-0.15, -0.1) is 21.5 Å². The Hall–Kier alpha value is -2.49. The molecule has 4 aromatic rings. The van der Waals surface area contributed by atoms with Crippen molar-refractivity contribution >= 4 is 39.3 Å². The molecule has 3 aromatic heterocycles.